The van der Waals surface area contributed by atoms with Gasteiger partial charge in [-0.2, -0.15) is 61.2 Å². The van der Waals surface area contributed by atoms with Crippen LogP contribution in [-0.2, 0) is 0 Å². The van der Waals surface area contributed by atoms with Crippen LogP contribution < -0.4 is 0 Å². The molecule has 324 valence electrons. The smallest absolute Gasteiger partial charge is 0.0958 e. The minimum absolute atomic E-state index is 0.957. The van der Waals surface area contributed by atoms with Crippen LogP contribution in [-0.4, -0.2) is 61.2 Å². The molecule has 0 radical (unpaired) electrons. The second kappa shape index (κ2) is 22.6. The van der Waals surface area contributed by atoms with E-state index in [9.17, 15) is 0 Å². The van der Waals surface area contributed by atoms with Gasteiger partial charge in [-0.05, 0) is 131 Å². The molecule has 0 saturated heterocycles. The summed E-state index contributed by atoms with van der Waals surface area (Å²) in [7, 11) is 0. The Labute approximate surface area is 382 Å². The predicted octanol–water partition coefficient (Wildman–Crippen LogP) is 11.6. The van der Waals surface area contributed by atoms with E-state index < -0.39 is 0 Å². The lowest BCUT2D eigenvalue weighted by atomic mass is 10.1. The number of hydrogen-bond acceptors (Lipinski definition) is 12. The molecule has 0 N–H and O–H groups in total. The maximum atomic E-state index is 4.03. The minimum Gasteiger partial charge on any atom is -0.159 e. The van der Waals surface area contributed by atoms with Gasteiger partial charge in [0.05, 0.1) is 69.8 Å². The molecule has 6 aromatic heterocycles. The molecule has 0 atom stereocenters. The zero-order chi connectivity index (χ0) is 46.1. The average Bonchev–Trinajstić information content (AvgIpc) is 3.35. The molecule has 0 spiro atoms. The predicted molar refractivity (Wildman–Crippen MR) is 266 cm³/mol. The summed E-state index contributed by atoms with van der Waals surface area (Å²) in [5, 5.41) is 54.0. The van der Waals surface area contributed by atoms with Crippen molar-refractivity contribution >= 4 is 65.4 Å². The Hall–Kier alpha value is -8.64. The number of rotatable bonds is 0. The number of aromatic nitrogens is 12. The van der Waals surface area contributed by atoms with Gasteiger partial charge in [0.1, 0.15) is 0 Å². The molecule has 0 unspecified atom stereocenters. The summed E-state index contributed by atoms with van der Waals surface area (Å²) in [6, 6.07) is 50.3. The van der Waals surface area contributed by atoms with Gasteiger partial charge in [0.15, 0.2) is 0 Å². The van der Waals surface area contributed by atoms with Crippen molar-refractivity contribution in [3.8, 4) is 0 Å². The topological polar surface area (TPSA) is 155 Å². The summed E-state index contributed by atoms with van der Waals surface area (Å²) in [6.07, 6.45) is 8.62. The van der Waals surface area contributed by atoms with E-state index in [0.29, 0.717) is 0 Å². The molecule has 12 heteroatoms. The van der Waals surface area contributed by atoms with Gasteiger partial charge in [-0.1, -0.05) is 90.5 Å². The van der Waals surface area contributed by atoms with Gasteiger partial charge in [-0.15, -0.1) is 0 Å². The Bertz CT molecular complexity index is 3090. The van der Waals surface area contributed by atoms with Crippen LogP contribution in [0.15, 0.2) is 183 Å². The lowest BCUT2D eigenvalue weighted by molar-refractivity contribution is 1.02. The average molecular weight is 865 g/mol. The fourth-order valence-corrected chi connectivity index (χ4v) is 6.76. The molecule has 12 nitrogen and oxygen atoms in total. The zero-order valence-electron chi connectivity index (χ0n) is 37.7. The molecule has 0 aliphatic rings. The summed E-state index contributed by atoms with van der Waals surface area (Å²) < 4.78 is 0. The number of hydrogen-bond donors (Lipinski definition) is 0. The van der Waals surface area contributed by atoms with E-state index >= 15 is 0 Å². The molecule has 6 aromatic carbocycles. The second-order valence-electron chi connectivity index (χ2n) is 15.4. The highest BCUT2D eigenvalue weighted by molar-refractivity contribution is 5.83. The van der Waals surface area contributed by atoms with E-state index in [0.717, 1.165) is 60.3 Å². The van der Waals surface area contributed by atoms with Crippen LogP contribution in [0.1, 0.15) is 33.5 Å². The number of aryl methyl sites for hydroxylation is 6. The lowest BCUT2D eigenvalue weighted by Gasteiger charge is -1.96. The van der Waals surface area contributed by atoms with Crippen molar-refractivity contribution in [1.29, 1.82) is 0 Å². The van der Waals surface area contributed by atoms with Crippen molar-refractivity contribution < 1.29 is 0 Å². The Kier molecular flexibility index (Phi) is 15.6. The third kappa shape index (κ3) is 12.5. The van der Waals surface area contributed by atoms with Crippen molar-refractivity contribution in [2.45, 2.75) is 41.5 Å². The van der Waals surface area contributed by atoms with Gasteiger partial charge in [0, 0.05) is 32.3 Å². The minimum atomic E-state index is 0.957. The SMILES string of the molecule is Cc1cc2ccccc2nn1.Cc1ccc2ccnnc2c1.Cc1ccc2nnccc2c1.Cc1cccc2ccnnc12.Cc1cccc2nnccc12.Cc1cnnc2ccccc12. The Morgan fingerprint density at radius 2 is 0.818 bits per heavy atom. The quantitative estimate of drug-likeness (QED) is 0.142. The highest BCUT2D eigenvalue weighted by atomic mass is 15.1. The molecule has 0 saturated carbocycles. The third-order valence-corrected chi connectivity index (χ3v) is 10.2. The summed E-state index contributed by atoms with van der Waals surface area (Å²) in [5.41, 5.74) is 12.8. The van der Waals surface area contributed by atoms with Crippen molar-refractivity contribution in [1.82, 2.24) is 61.2 Å². The first-order chi connectivity index (χ1) is 32.2. The molecule has 0 aliphatic heterocycles. The van der Waals surface area contributed by atoms with Crippen molar-refractivity contribution in [3.63, 3.8) is 0 Å². The highest BCUT2D eigenvalue weighted by Crippen LogP contribution is 2.16. The highest BCUT2D eigenvalue weighted by Gasteiger charge is 1.98. The summed E-state index contributed by atoms with van der Waals surface area (Å²) >= 11 is 0. The van der Waals surface area contributed by atoms with Crippen molar-refractivity contribution in [2.24, 2.45) is 0 Å². The first kappa shape index (κ1) is 45.4. The summed E-state index contributed by atoms with van der Waals surface area (Å²) in [5.74, 6) is 0. The largest absolute Gasteiger partial charge is 0.159 e. The molecule has 0 amide bonds. The van der Waals surface area contributed by atoms with Gasteiger partial charge in [0.25, 0.3) is 0 Å². The van der Waals surface area contributed by atoms with Gasteiger partial charge >= 0.3 is 0 Å². The maximum Gasteiger partial charge on any atom is 0.0958 e. The molecule has 12 rings (SSSR count). The van der Waals surface area contributed by atoms with Crippen LogP contribution in [0.4, 0.5) is 0 Å². The number of fused-ring (bicyclic) bond motifs is 6. The normalized spacial score (nSPS) is 10.3. The molecule has 0 fully saturated rings. The molecule has 6 heterocycles. The second-order valence-corrected chi connectivity index (χ2v) is 15.4. The van der Waals surface area contributed by atoms with Gasteiger partial charge in [0.2, 0.25) is 0 Å². The molecule has 0 bridgehead atoms. The first-order valence-corrected chi connectivity index (χ1v) is 21.3. The number of nitrogens with zero attached hydrogens (tertiary/aromatic N) is 12. The molecular weight excluding hydrogens is 817 g/mol. The van der Waals surface area contributed by atoms with E-state index in [-0.39, 0.29) is 0 Å². The summed E-state index contributed by atoms with van der Waals surface area (Å²) in [4.78, 5) is 0. The van der Waals surface area contributed by atoms with E-state index in [1.165, 1.54) is 38.6 Å². The van der Waals surface area contributed by atoms with Crippen molar-refractivity contribution in [3.05, 3.63) is 216 Å². The van der Waals surface area contributed by atoms with Crippen LogP contribution in [0, 0.1) is 41.5 Å². The van der Waals surface area contributed by atoms with E-state index in [1.54, 1.807) is 31.0 Å². The maximum absolute atomic E-state index is 4.03. The number of benzene rings is 6. The fourth-order valence-electron chi connectivity index (χ4n) is 6.76. The van der Waals surface area contributed by atoms with Crippen LogP contribution in [0.5, 0.6) is 0 Å². The fraction of sp³-hybridized carbons (Fsp3) is 0.111. The monoisotopic (exact) mass is 864 g/mol. The molecular formula is C54H48N12. The Balaban J connectivity index is 0.000000118. The zero-order valence-corrected chi connectivity index (χ0v) is 37.7. The third-order valence-electron chi connectivity index (χ3n) is 10.2. The van der Waals surface area contributed by atoms with Crippen LogP contribution >= 0.6 is 0 Å². The van der Waals surface area contributed by atoms with E-state index in [4.69, 9.17) is 0 Å². The van der Waals surface area contributed by atoms with Crippen LogP contribution in [0.25, 0.3) is 65.4 Å². The molecule has 66 heavy (non-hydrogen) atoms. The van der Waals surface area contributed by atoms with Crippen molar-refractivity contribution in [2.75, 3.05) is 0 Å². The van der Waals surface area contributed by atoms with Gasteiger partial charge in [-0.3, -0.25) is 0 Å². The lowest BCUT2D eigenvalue weighted by Crippen LogP contribution is -1.85. The van der Waals surface area contributed by atoms with E-state index in [2.05, 4.69) is 105 Å². The van der Waals surface area contributed by atoms with Crippen LogP contribution in [0.2, 0.25) is 0 Å². The van der Waals surface area contributed by atoms with Gasteiger partial charge < -0.3 is 0 Å². The van der Waals surface area contributed by atoms with Crippen LogP contribution in [0.3, 0.4) is 0 Å². The van der Waals surface area contributed by atoms with E-state index in [1.807, 2.05) is 149 Å². The molecule has 0 aliphatic carbocycles. The summed E-state index contributed by atoms with van der Waals surface area (Å²) in [6.45, 7) is 12.2. The van der Waals surface area contributed by atoms with Gasteiger partial charge in [-0.25, -0.2) is 0 Å². The standard InChI is InChI=1S/6C9H8N2/c1-7-2-3-9-8(6-7)4-5-10-11-9;1-7-2-3-8-4-5-10-11-9(8)6-7;1-7-3-2-4-9-8(7)5-6-10-11-9;1-7-3-2-4-8-5-6-10-11-9(7)8;1-7-6-10-11-9-5-3-2-4-8(7)9;1-7-6-8-4-2-3-5-9(8)11-10-7/h6*2-6H,1H3. The first-order valence-electron chi connectivity index (χ1n) is 21.3. The Morgan fingerprint density at radius 1 is 0.288 bits per heavy atom. The molecule has 12 aromatic rings. The Morgan fingerprint density at radius 3 is 1.61 bits per heavy atom.